The summed E-state index contributed by atoms with van der Waals surface area (Å²) in [6.45, 7) is 5.18. The van der Waals surface area contributed by atoms with Crippen molar-refractivity contribution in [3.63, 3.8) is 0 Å². The van der Waals surface area contributed by atoms with Gasteiger partial charge >= 0.3 is 0 Å². The van der Waals surface area contributed by atoms with Gasteiger partial charge in [-0.2, -0.15) is 0 Å². The SMILES string of the molecule is CCn1c(CC(NC)c2scnc2C)nc2ccccc21. The Morgan fingerprint density at radius 3 is 2.81 bits per heavy atom. The maximum atomic E-state index is 4.82. The number of nitrogens with zero attached hydrogens (tertiary/aromatic N) is 3. The lowest BCUT2D eigenvalue weighted by Crippen LogP contribution is -2.20. The zero-order valence-electron chi connectivity index (χ0n) is 12.6. The second-order valence-corrected chi connectivity index (χ2v) is 5.99. The predicted octanol–water partition coefficient (Wildman–Crippen LogP) is 3.32. The molecule has 0 aliphatic heterocycles. The summed E-state index contributed by atoms with van der Waals surface area (Å²) in [7, 11) is 2.00. The van der Waals surface area contributed by atoms with Gasteiger partial charge in [-0.3, -0.25) is 0 Å². The number of aryl methyl sites for hydroxylation is 2. The number of fused-ring (bicyclic) bond motifs is 1. The van der Waals surface area contributed by atoms with Crippen molar-refractivity contribution in [2.24, 2.45) is 0 Å². The van der Waals surface area contributed by atoms with E-state index < -0.39 is 0 Å². The van der Waals surface area contributed by atoms with Gasteiger partial charge in [-0.05, 0) is 33.0 Å². The molecule has 0 fully saturated rings. The molecule has 0 aliphatic rings. The number of rotatable bonds is 5. The summed E-state index contributed by atoms with van der Waals surface area (Å²) in [5, 5.41) is 3.41. The molecule has 110 valence electrons. The zero-order valence-corrected chi connectivity index (χ0v) is 13.4. The van der Waals surface area contributed by atoms with Crippen LogP contribution >= 0.6 is 11.3 Å². The number of hydrogen-bond donors (Lipinski definition) is 1. The first-order valence-corrected chi connectivity index (χ1v) is 8.14. The van der Waals surface area contributed by atoms with Crippen molar-refractivity contribution in [2.45, 2.75) is 32.9 Å². The van der Waals surface area contributed by atoms with E-state index in [-0.39, 0.29) is 6.04 Å². The van der Waals surface area contributed by atoms with Crippen molar-refractivity contribution in [2.75, 3.05) is 7.05 Å². The minimum absolute atomic E-state index is 0.264. The molecule has 1 atom stereocenters. The van der Waals surface area contributed by atoms with Crippen molar-refractivity contribution in [1.29, 1.82) is 0 Å². The molecular weight excluding hydrogens is 280 g/mol. The first-order chi connectivity index (χ1) is 10.2. The van der Waals surface area contributed by atoms with Crippen LogP contribution in [-0.4, -0.2) is 21.6 Å². The Balaban J connectivity index is 1.98. The first-order valence-electron chi connectivity index (χ1n) is 7.26. The molecule has 21 heavy (non-hydrogen) atoms. The Morgan fingerprint density at radius 2 is 2.14 bits per heavy atom. The van der Waals surface area contributed by atoms with Gasteiger partial charge in [0, 0.05) is 17.8 Å². The molecule has 3 aromatic rings. The fourth-order valence-corrected chi connectivity index (χ4v) is 3.70. The summed E-state index contributed by atoms with van der Waals surface area (Å²) in [6, 6.07) is 8.60. The summed E-state index contributed by atoms with van der Waals surface area (Å²) < 4.78 is 2.30. The molecule has 4 nitrogen and oxygen atoms in total. The van der Waals surface area contributed by atoms with Crippen LogP contribution in [-0.2, 0) is 13.0 Å². The number of thiazole rings is 1. The van der Waals surface area contributed by atoms with Gasteiger partial charge < -0.3 is 9.88 Å². The lowest BCUT2D eigenvalue weighted by atomic mass is 10.1. The van der Waals surface area contributed by atoms with Crippen molar-refractivity contribution < 1.29 is 0 Å². The van der Waals surface area contributed by atoms with Crippen molar-refractivity contribution in [3.05, 3.63) is 46.2 Å². The van der Waals surface area contributed by atoms with Gasteiger partial charge in [0.25, 0.3) is 0 Å². The molecule has 5 heteroatoms. The monoisotopic (exact) mass is 300 g/mol. The lowest BCUT2D eigenvalue weighted by Gasteiger charge is -2.15. The minimum Gasteiger partial charge on any atom is -0.328 e. The van der Waals surface area contributed by atoms with E-state index in [0.717, 1.165) is 30.0 Å². The maximum Gasteiger partial charge on any atom is 0.111 e. The van der Waals surface area contributed by atoms with Crippen LogP contribution in [0.25, 0.3) is 11.0 Å². The Morgan fingerprint density at radius 1 is 1.33 bits per heavy atom. The third-order valence-corrected chi connectivity index (χ3v) is 4.93. The molecule has 1 N–H and O–H groups in total. The van der Waals surface area contributed by atoms with E-state index in [0.29, 0.717) is 0 Å². The topological polar surface area (TPSA) is 42.7 Å². The van der Waals surface area contributed by atoms with Crippen LogP contribution in [0.4, 0.5) is 0 Å². The normalized spacial score (nSPS) is 12.9. The van der Waals surface area contributed by atoms with E-state index in [1.807, 2.05) is 18.6 Å². The number of hydrogen-bond acceptors (Lipinski definition) is 4. The standard InChI is InChI=1S/C16H20N4S/c1-4-20-14-8-6-5-7-12(14)19-15(20)9-13(17-3)16-11(2)18-10-21-16/h5-8,10,13,17H,4,9H2,1-3H3. The Kier molecular flexibility index (Phi) is 4.03. The molecule has 0 saturated carbocycles. The van der Waals surface area contributed by atoms with Gasteiger partial charge in [0.15, 0.2) is 0 Å². The molecule has 1 aromatic carbocycles. The highest BCUT2D eigenvalue weighted by atomic mass is 32.1. The minimum atomic E-state index is 0.264. The first kappa shape index (κ1) is 14.2. The summed E-state index contributed by atoms with van der Waals surface area (Å²) >= 11 is 1.71. The summed E-state index contributed by atoms with van der Waals surface area (Å²) in [5.41, 5.74) is 5.31. The molecule has 0 radical (unpaired) electrons. The Hall–Kier alpha value is -1.72. The van der Waals surface area contributed by atoms with Crippen LogP contribution in [0, 0.1) is 6.92 Å². The fourth-order valence-electron chi connectivity index (χ4n) is 2.79. The summed E-state index contributed by atoms with van der Waals surface area (Å²) in [4.78, 5) is 10.5. The van der Waals surface area contributed by atoms with Crippen LogP contribution in [0.15, 0.2) is 29.8 Å². The molecule has 3 rings (SSSR count). The summed E-state index contributed by atoms with van der Waals surface area (Å²) in [5.74, 6) is 1.13. The van der Waals surface area contributed by atoms with Gasteiger partial charge in [-0.25, -0.2) is 9.97 Å². The maximum absolute atomic E-state index is 4.82. The van der Waals surface area contributed by atoms with E-state index in [1.54, 1.807) is 11.3 Å². The van der Waals surface area contributed by atoms with Gasteiger partial charge in [0.1, 0.15) is 5.82 Å². The van der Waals surface area contributed by atoms with E-state index in [2.05, 4.69) is 46.9 Å². The number of para-hydroxylation sites is 2. The highest BCUT2D eigenvalue weighted by Gasteiger charge is 2.18. The average molecular weight is 300 g/mol. The quantitative estimate of drug-likeness (QED) is 0.786. The fraction of sp³-hybridized carbons (Fsp3) is 0.375. The number of benzene rings is 1. The van der Waals surface area contributed by atoms with Crippen molar-refractivity contribution in [1.82, 2.24) is 19.9 Å². The number of imidazole rings is 1. The second kappa shape index (κ2) is 5.95. The second-order valence-electron chi connectivity index (χ2n) is 5.11. The largest absolute Gasteiger partial charge is 0.328 e. The van der Waals surface area contributed by atoms with Gasteiger partial charge in [0.05, 0.1) is 28.3 Å². The lowest BCUT2D eigenvalue weighted by molar-refractivity contribution is 0.561. The van der Waals surface area contributed by atoms with E-state index in [4.69, 9.17) is 4.98 Å². The third-order valence-electron chi connectivity index (χ3n) is 3.88. The van der Waals surface area contributed by atoms with E-state index in [1.165, 1.54) is 10.4 Å². The van der Waals surface area contributed by atoms with E-state index in [9.17, 15) is 0 Å². The highest BCUT2D eigenvalue weighted by Crippen LogP contribution is 2.26. The molecule has 0 spiro atoms. The van der Waals surface area contributed by atoms with Gasteiger partial charge in [-0.1, -0.05) is 12.1 Å². The molecule has 0 aliphatic carbocycles. The molecule has 2 aromatic heterocycles. The molecule has 0 bridgehead atoms. The van der Waals surface area contributed by atoms with Crippen LogP contribution in [0.5, 0.6) is 0 Å². The van der Waals surface area contributed by atoms with Crippen LogP contribution < -0.4 is 5.32 Å². The van der Waals surface area contributed by atoms with Crippen molar-refractivity contribution >= 4 is 22.4 Å². The van der Waals surface area contributed by atoms with Crippen LogP contribution in [0.3, 0.4) is 0 Å². The number of aromatic nitrogens is 3. The van der Waals surface area contributed by atoms with Crippen LogP contribution in [0.2, 0.25) is 0 Å². The highest BCUT2D eigenvalue weighted by molar-refractivity contribution is 7.09. The van der Waals surface area contributed by atoms with Gasteiger partial charge in [0.2, 0.25) is 0 Å². The Labute approximate surface area is 128 Å². The van der Waals surface area contributed by atoms with E-state index >= 15 is 0 Å². The van der Waals surface area contributed by atoms with Crippen LogP contribution in [0.1, 0.15) is 29.4 Å². The number of nitrogens with one attached hydrogen (secondary N) is 1. The van der Waals surface area contributed by atoms with Gasteiger partial charge in [-0.15, -0.1) is 11.3 Å². The number of likely N-dealkylation sites (N-methyl/N-ethyl adjacent to an activating group) is 1. The molecule has 1 unspecified atom stereocenters. The Bertz CT molecular complexity index is 744. The molecular formula is C16H20N4S. The zero-order chi connectivity index (χ0) is 14.8. The van der Waals surface area contributed by atoms with Crippen molar-refractivity contribution in [3.8, 4) is 0 Å². The molecule has 0 saturated heterocycles. The average Bonchev–Trinajstić information content (AvgIpc) is 3.07. The smallest absolute Gasteiger partial charge is 0.111 e. The predicted molar refractivity (Wildman–Crippen MR) is 87.8 cm³/mol. The third kappa shape index (κ3) is 2.59. The molecule has 0 amide bonds. The summed E-state index contributed by atoms with van der Waals surface area (Å²) in [6.07, 6.45) is 0.877. The molecule has 2 heterocycles.